The van der Waals surface area contributed by atoms with E-state index in [4.69, 9.17) is 0 Å². The molecule has 0 bridgehead atoms. The lowest BCUT2D eigenvalue weighted by Gasteiger charge is -2.32. The number of halogens is 2. The number of likely N-dealkylation sites (N-methyl/N-ethyl adjacent to an activating group) is 1. The number of likely N-dealkylation sites (tertiary alicyclic amines) is 1. The molecule has 1 N–H and O–H groups in total. The van der Waals surface area contributed by atoms with Crippen LogP contribution in [-0.2, 0) is 0 Å². The first kappa shape index (κ1) is 14.0. The molecule has 1 aliphatic heterocycles. The molecule has 2 atom stereocenters. The summed E-state index contributed by atoms with van der Waals surface area (Å²) in [5.74, 6) is -0.145. The van der Waals surface area contributed by atoms with Gasteiger partial charge in [-0.3, -0.25) is 0 Å². The van der Waals surface area contributed by atoms with Crippen LogP contribution in [-0.4, -0.2) is 31.1 Å². The molecule has 1 saturated heterocycles. The Balaban J connectivity index is 2.00. The minimum Gasteiger partial charge on any atom is -0.306 e. The second-order valence-corrected chi connectivity index (χ2v) is 6.07. The van der Waals surface area contributed by atoms with Crippen molar-refractivity contribution in [1.82, 2.24) is 10.2 Å². The first-order valence-electron chi connectivity index (χ1n) is 6.46. The lowest BCUT2D eigenvalue weighted by molar-refractivity contribution is 0.218. The quantitative estimate of drug-likeness (QED) is 0.920. The van der Waals surface area contributed by atoms with Crippen molar-refractivity contribution in [3.63, 3.8) is 0 Å². The maximum atomic E-state index is 13.9. The molecule has 18 heavy (non-hydrogen) atoms. The van der Waals surface area contributed by atoms with E-state index in [1.807, 2.05) is 19.1 Å². The molecule has 2 rings (SSSR count). The summed E-state index contributed by atoms with van der Waals surface area (Å²) in [6.07, 6.45) is 2.39. The molecule has 0 saturated carbocycles. The van der Waals surface area contributed by atoms with Gasteiger partial charge >= 0.3 is 0 Å². The van der Waals surface area contributed by atoms with Crippen LogP contribution >= 0.6 is 15.9 Å². The van der Waals surface area contributed by atoms with Crippen LogP contribution in [0.25, 0.3) is 0 Å². The Morgan fingerprint density at radius 3 is 2.94 bits per heavy atom. The van der Waals surface area contributed by atoms with Crippen LogP contribution in [0.1, 0.15) is 31.4 Å². The molecule has 1 aromatic carbocycles. The van der Waals surface area contributed by atoms with Crippen molar-refractivity contribution >= 4 is 15.9 Å². The summed E-state index contributed by atoms with van der Waals surface area (Å²) in [4.78, 5) is 2.33. The van der Waals surface area contributed by atoms with Gasteiger partial charge < -0.3 is 10.2 Å². The molecule has 1 fully saturated rings. The Bertz CT molecular complexity index is 411. The highest BCUT2D eigenvalue weighted by Crippen LogP contribution is 2.22. The van der Waals surface area contributed by atoms with E-state index in [0.717, 1.165) is 16.6 Å². The molecule has 0 aliphatic carbocycles. The first-order chi connectivity index (χ1) is 8.56. The van der Waals surface area contributed by atoms with Crippen molar-refractivity contribution in [2.45, 2.75) is 31.8 Å². The van der Waals surface area contributed by atoms with E-state index >= 15 is 0 Å². The molecule has 100 valence electrons. The molecule has 4 heteroatoms. The van der Waals surface area contributed by atoms with Crippen molar-refractivity contribution in [3.05, 3.63) is 34.1 Å². The van der Waals surface area contributed by atoms with Crippen molar-refractivity contribution in [2.75, 3.05) is 20.1 Å². The largest absolute Gasteiger partial charge is 0.306 e. The predicted octanol–water partition coefficient (Wildman–Crippen LogP) is 3.33. The summed E-state index contributed by atoms with van der Waals surface area (Å²) < 4.78 is 14.6. The number of benzene rings is 1. The lowest BCUT2D eigenvalue weighted by atomic mass is 10.0. The minimum absolute atomic E-state index is 0.0506. The standard InChI is InChI=1S/C14H20BrFN2/c1-10(13-6-5-11(15)8-14(13)16)17-12-4-3-7-18(2)9-12/h5-6,8,10,12,17H,3-4,7,9H2,1-2H3. The van der Waals surface area contributed by atoms with E-state index in [1.165, 1.54) is 25.5 Å². The van der Waals surface area contributed by atoms with Crippen LogP contribution in [0.15, 0.2) is 22.7 Å². The molecule has 0 amide bonds. The van der Waals surface area contributed by atoms with Gasteiger partial charge in [-0.05, 0) is 45.5 Å². The molecular formula is C14H20BrFN2. The maximum absolute atomic E-state index is 13.9. The van der Waals surface area contributed by atoms with Gasteiger partial charge in [-0.15, -0.1) is 0 Å². The van der Waals surface area contributed by atoms with Gasteiger partial charge in [0.2, 0.25) is 0 Å². The van der Waals surface area contributed by atoms with Gasteiger partial charge in [-0.2, -0.15) is 0 Å². The summed E-state index contributed by atoms with van der Waals surface area (Å²) in [7, 11) is 2.14. The number of nitrogens with zero attached hydrogens (tertiary/aromatic N) is 1. The third-order valence-electron chi connectivity index (χ3n) is 3.54. The Morgan fingerprint density at radius 2 is 2.28 bits per heavy atom. The zero-order chi connectivity index (χ0) is 13.1. The highest BCUT2D eigenvalue weighted by atomic mass is 79.9. The van der Waals surface area contributed by atoms with Crippen LogP contribution in [0.4, 0.5) is 4.39 Å². The summed E-state index contributed by atoms with van der Waals surface area (Å²) >= 11 is 3.28. The van der Waals surface area contributed by atoms with Crippen LogP contribution in [0.3, 0.4) is 0 Å². The zero-order valence-corrected chi connectivity index (χ0v) is 12.5. The predicted molar refractivity (Wildman–Crippen MR) is 76.2 cm³/mol. The average Bonchev–Trinajstić information content (AvgIpc) is 2.28. The Hall–Kier alpha value is -0.450. The van der Waals surface area contributed by atoms with E-state index in [2.05, 4.69) is 33.2 Å². The van der Waals surface area contributed by atoms with Crippen LogP contribution in [0.5, 0.6) is 0 Å². The van der Waals surface area contributed by atoms with Gasteiger partial charge in [0.1, 0.15) is 5.82 Å². The molecule has 1 aliphatic rings. The van der Waals surface area contributed by atoms with E-state index < -0.39 is 0 Å². The van der Waals surface area contributed by atoms with Gasteiger partial charge in [0.05, 0.1) is 0 Å². The van der Waals surface area contributed by atoms with Crippen LogP contribution in [0.2, 0.25) is 0 Å². The minimum atomic E-state index is -0.145. The van der Waals surface area contributed by atoms with E-state index in [1.54, 1.807) is 0 Å². The third kappa shape index (κ3) is 3.53. The van der Waals surface area contributed by atoms with Crippen molar-refractivity contribution < 1.29 is 4.39 Å². The van der Waals surface area contributed by atoms with Gasteiger partial charge in [0, 0.05) is 28.7 Å². The molecule has 0 spiro atoms. The SMILES string of the molecule is CC(NC1CCCN(C)C1)c1ccc(Br)cc1F. The third-order valence-corrected chi connectivity index (χ3v) is 4.03. The smallest absolute Gasteiger partial charge is 0.129 e. The lowest BCUT2D eigenvalue weighted by Crippen LogP contribution is -2.44. The fourth-order valence-electron chi connectivity index (χ4n) is 2.60. The second kappa shape index (κ2) is 6.13. The van der Waals surface area contributed by atoms with Crippen molar-refractivity contribution in [3.8, 4) is 0 Å². The van der Waals surface area contributed by atoms with Gasteiger partial charge in [-0.25, -0.2) is 4.39 Å². The van der Waals surface area contributed by atoms with Gasteiger partial charge in [0.15, 0.2) is 0 Å². The molecule has 0 aromatic heterocycles. The molecule has 1 heterocycles. The number of rotatable bonds is 3. The van der Waals surface area contributed by atoms with Crippen molar-refractivity contribution in [1.29, 1.82) is 0 Å². The first-order valence-corrected chi connectivity index (χ1v) is 7.25. The Morgan fingerprint density at radius 1 is 1.50 bits per heavy atom. The van der Waals surface area contributed by atoms with E-state index in [9.17, 15) is 4.39 Å². The summed E-state index contributed by atoms with van der Waals surface area (Å²) in [6, 6.07) is 5.78. The normalized spacial score (nSPS) is 23.0. The molecule has 1 aromatic rings. The maximum Gasteiger partial charge on any atom is 0.129 e. The van der Waals surface area contributed by atoms with E-state index in [0.29, 0.717) is 6.04 Å². The molecule has 2 nitrogen and oxygen atoms in total. The molecule has 2 unspecified atom stereocenters. The average molecular weight is 315 g/mol. The Kier molecular flexibility index (Phi) is 4.76. The van der Waals surface area contributed by atoms with Crippen LogP contribution < -0.4 is 5.32 Å². The van der Waals surface area contributed by atoms with E-state index in [-0.39, 0.29) is 11.9 Å². The van der Waals surface area contributed by atoms with Crippen LogP contribution in [0, 0.1) is 5.82 Å². The highest BCUT2D eigenvalue weighted by molar-refractivity contribution is 9.10. The Labute approximate surface area is 117 Å². The summed E-state index contributed by atoms with van der Waals surface area (Å²) in [5, 5.41) is 3.53. The summed E-state index contributed by atoms with van der Waals surface area (Å²) in [6.45, 7) is 4.24. The number of hydrogen-bond acceptors (Lipinski definition) is 2. The second-order valence-electron chi connectivity index (χ2n) is 5.16. The highest BCUT2D eigenvalue weighted by Gasteiger charge is 2.20. The number of hydrogen-bond donors (Lipinski definition) is 1. The summed E-state index contributed by atoms with van der Waals surface area (Å²) in [5.41, 5.74) is 0.742. The van der Waals surface area contributed by atoms with Crippen molar-refractivity contribution in [2.24, 2.45) is 0 Å². The van der Waals surface area contributed by atoms with Gasteiger partial charge in [-0.1, -0.05) is 22.0 Å². The number of piperidine rings is 1. The number of nitrogens with one attached hydrogen (secondary N) is 1. The molecular weight excluding hydrogens is 295 g/mol. The monoisotopic (exact) mass is 314 g/mol. The zero-order valence-electron chi connectivity index (χ0n) is 10.9. The fraction of sp³-hybridized carbons (Fsp3) is 0.571. The molecule has 0 radical (unpaired) electrons. The topological polar surface area (TPSA) is 15.3 Å². The van der Waals surface area contributed by atoms with Gasteiger partial charge in [0.25, 0.3) is 0 Å². The fourth-order valence-corrected chi connectivity index (χ4v) is 2.93.